The molecule has 2 bridgehead atoms. The molecule has 0 amide bonds. The molecule has 240 valence electrons. The van der Waals surface area contributed by atoms with Crippen LogP contribution in [-0.2, 0) is 5.41 Å². The van der Waals surface area contributed by atoms with Gasteiger partial charge in [0, 0.05) is 22.5 Å². The van der Waals surface area contributed by atoms with Crippen LogP contribution in [0.4, 0.5) is 17.1 Å². The lowest BCUT2D eigenvalue weighted by Gasteiger charge is -2.36. The highest BCUT2D eigenvalue weighted by molar-refractivity contribution is 5.93. The van der Waals surface area contributed by atoms with Crippen molar-refractivity contribution >= 4 is 17.1 Å². The second kappa shape index (κ2) is 11.7. The third-order valence-electron chi connectivity index (χ3n) is 11.9. The second-order valence-electron chi connectivity index (χ2n) is 14.5. The molecular formula is C49H39N. The molecule has 0 N–H and O–H groups in total. The third-order valence-corrected chi connectivity index (χ3v) is 11.9. The van der Waals surface area contributed by atoms with Gasteiger partial charge >= 0.3 is 0 Å². The molecule has 10 rings (SSSR count). The van der Waals surface area contributed by atoms with E-state index in [9.17, 15) is 0 Å². The zero-order valence-electron chi connectivity index (χ0n) is 28.2. The average Bonchev–Trinajstić information content (AvgIpc) is 3.89. The normalized spacial score (nSPS) is 19.8. The van der Waals surface area contributed by atoms with E-state index in [4.69, 9.17) is 0 Å². The van der Waals surface area contributed by atoms with Crippen molar-refractivity contribution in [1.29, 1.82) is 0 Å². The molecule has 3 unspecified atom stereocenters. The maximum absolute atomic E-state index is 2.45. The van der Waals surface area contributed by atoms with E-state index in [0.717, 1.165) is 28.9 Å². The maximum atomic E-state index is 2.45. The van der Waals surface area contributed by atoms with Crippen molar-refractivity contribution in [1.82, 2.24) is 0 Å². The van der Waals surface area contributed by atoms with Crippen LogP contribution in [0, 0.1) is 11.8 Å². The molecule has 0 aliphatic heterocycles. The summed E-state index contributed by atoms with van der Waals surface area (Å²) in [5, 5.41) is 0. The SMILES string of the molecule is c1ccc(-c2cccc(N(c3ccc(-c4cccc5c4-c4ccccc4C54CC5CCC4C5)cc3)c3cccc(-c4ccccc4)c3)c2)cc1. The molecule has 1 spiro atoms. The Hall–Kier alpha value is -5.66. The van der Waals surface area contributed by atoms with Crippen molar-refractivity contribution in [2.24, 2.45) is 11.8 Å². The average molecular weight is 642 g/mol. The molecule has 1 heteroatoms. The fourth-order valence-corrected chi connectivity index (χ4v) is 9.83. The van der Waals surface area contributed by atoms with Crippen LogP contribution in [0.5, 0.6) is 0 Å². The lowest BCUT2D eigenvalue weighted by molar-refractivity contribution is 0.327. The van der Waals surface area contributed by atoms with E-state index in [1.807, 2.05) is 0 Å². The van der Waals surface area contributed by atoms with Crippen molar-refractivity contribution in [2.45, 2.75) is 31.1 Å². The van der Waals surface area contributed by atoms with Crippen LogP contribution in [0.25, 0.3) is 44.5 Å². The van der Waals surface area contributed by atoms with Crippen LogP contribution in [0.3, 0.4) is 0 Å². The summed E-state index contributed by atoms with van der Waals surface area (Å²) < 4.78 is 0. The Bertz CT molecular complexity index is 2260. The predicted molar refractivity (Wildman–Crippen MR) is 209 cm³/mol. The van der Waals surface area contributed by atoms with Crippen LogP contribution in [0.1, 0.15) is 36.8 Å². The topological polar surface area (TPSA) is 3.24 Å². The molecule has 3 aliphatic carbocycles. The molecule has 7 aromatic rings. The molecule has 2 saturated carbocycles. The van der Waals surface area contributed by atoms with Gasteiger partial charge in [0.2, 0.25) is 0 Å². The molecular weight excluding hydrogens is 603 g/mol. The largest absolute Gasteiger partial charge is 0.310 e. The Morgan fingerprint density at radius 1 is 0.420 bits per heavy atom. The smallest absolute Gasteiger partial charge is 0.0467 e. The number of anilines is 3. The van der Waals surface area contributed by atoms with Gasteiger partial charge < -0.3 is 4.90 Å². The van der Waals surface area contributed by atoms with Crippen LogP contribution in [-0.4, -0.2) is 0 Å². The van der Waals surface area contributed by atoms with E-state index >= 15 is 0 Å². The molecule has 50 heavy (non-hydrogen) atoms. The van der Waals surface area contributed by atoms with E-state index in [1.165, 1.54) is 70.2 Å². The van der Waals surface area contributed by atoms with Crippen LogP contribution < -0.4 is 4.90 Å². The van der Waals surface area contributed by atoms with Crippen LogP contribution in [0.2, 0.25) is 0 Å². The first-order valence-corrected chi connectivity index (χ1v) is 18.2. The summed E-state index contributed by atoms with van der Waals surface area (Å²) in [6.07, 6.45) is 5.47. The van der Waals surface area contributed by atoms with Gasteiger partial charge in [-0.15, -0.1) is 0 Å². The maximum Gasteiger partial charge on any atom is 0.0467 e. The van der Waals surface area contributed by atoms with E-state index in [2.05, 4.69) is 181 Å². The standard InChI is InChI=1S/C49H39N/c1-3-12-35(13-4-1)38-16-9-18-42(31-38)50(43-19-10-17-39(32-43)36-14-5-2-6-15-36)41-28-25-37(26-29-41)44-21-11-23-47-48(44)45-20-7-8-22-46(45)49(47)33-34-24-27-40(49)30-34/h1-23,25-26,28-29,31-32,34,40H,24,27,30,33H2. The van der Waals surface area contributed by atoms with Crippen molar-refractivity contribution in [2.75, 3.05) is 4.90 Å². The molecule has 0 radical (unpaired) electrons. The molecule has 0 saturated heterocycles. The van der Waals surface area contributed by atoms with Gasteiger partial charge in [0.15, 0.2) is 0 Å². The Balaban J connectivity index is 1.09. The zero-order chi connectivity index (χ0) is 33.1. The summed E-state index contributed by atoms with van der Waals surface area (Å²) in [5.41, 5.74) is 17.1. The number of hydrogen-bond donors (Lipinski definition) is 0. The van der Waals surface area contributed by atoms with Crippen molar-refractivity contribution in [3.8, 4) is 44.5 Å². The summed E-state index contributed by atoms with van der Waals surface area (Å²) in [7, 11) is 0. The molecule has 7 aromatic carbocycles. The van der Waals surface area contributed by atoms with Crippen LogP contribution >= 0.6 is 0 Å². The van der Waals surface area contributed by atoms with Gasteiger partial charge in [-0.25, -0.2) is 0 Å². The first-order valence-electron chi connectivity index (χ1n) is 18.2. The van der Waals surface area contributed by atoms with Gasteiger partial charge in [-0.1, -0.05) is 146 Å². The fourth-order valence-electron chi connectivity index (χ4n) is 9.83. The number of hydrogen-bond acceptors (Lipinski definition) is 1. The number of nitrogens with zero attached hydrogens (tertiary/aromatic N) is 1. The minimum Gasteiger partial charge on any atom is -0.310 e. The predicted octanol–water partition coefficient (Wildman–Crippen LogP) is 13.2. The molecule has 3 aliphatic rings. The van der Waals surface area contributed by atoms with E-state index in [-0.39, 0.29) is 5.41 Å². The van der Waals surface area contributed by atoms with Gasteiger partial charge in [0.25, 0.3) is 0 Å². The Morgan fingerprint density at radius 2 is 0.980 bits per heavy atom. The molecule has 1 nitrogen and oxygen atoms in total. The quantitative estimate of drug-likeness (QED) is 0.175. The first kappa shape index (κ1) is 29.3. The third kappa shape index (κ3) is 4.61. The van der Waals surface area contributed by atoms with Gasteiger partial charge in [-0.3, -0.25) is 0 Å². The first-order chi connectivity index (χ1) is 24.8. The number of benzene rings is 7. The summed E-state index contributed by atoms with van der Waals surface area (Å²) in [6, 6.07) is 64.9. The highest BCUT2D eigenvalue weighted by Crippen LogP contribution is 2.66. The Kier molecular flexibility index (Phi) is 6.88. The molecule has 3 atom stereocenters. The zero-order valence-corrected chi connectivity index (χ0v) is 28.2. The van der Waals surface area contributed by atoms with Crippen LogP contribution in [0.15, 0.2) is 176 Å². The highest BCUT2D eigenvalue weighted by atomic mass is 15.1. The monoisotopic (exact) mass is 641 g/mol. The van der Waals surface area contributed by atoms with Crippen molar-refractivity contribution < 1.29 is 0 Å². The minimum atomic E-state index is 0.190. The van der Waals surface area contributed by atoms with Crippen molar-refractivity contribution in [3.05, 3.63) is 187 Å². The Labute approximate surface area is 295 Å². The summed E-state index contributed by atoms with van der Waals surface area (Å²) >= 11 is 0. The number of rotatable bonds is 6. The minimum absolute atomic E-state index is 0.190. The van der Waals surface area contributed by atoms with Gasteiger partial charge in [-0.2, -0.15) is 0 Å². The molecule has 0 aromatic heterocycles. The molecule has 2 fully saturated rings. The molecule has 0 heterocycles. The lowest BCUT2D eigenvalue weighted by atomic mass is 9.66. The summed E-state index contributed by atoms with van der Waals surface area (Å²) in [4.78, 5) is 2.40. The van der Waals surface area contributed by atoms with E-state index in [1.54, 1.807) is 11.1 Å². The van der Waals surface area contributed by atoms with E-state index < -0.39 is 0 Å². The van der Waals surface area contributed by atoms with Gasteiger partial charge in [-0.05, 0) is 123 Å². The summed E-state index contributed by atoms with van der Waals surface area (Å²) in [5.74, 6) is 1.63. The van der Waals surface area contributed by atoms with E-state index in [0.29, 0.717) is 0 Å². The number of fused-ring (bicyclic) bond motifs is 8. The van der Waals surface area contributed by atoms with Gasteiger partial charge in [0.05, 0.1) is 0 Å². The highest BCUT2D eigenvalue weighted by Gasteiger charge is 2.56. The fraction of sp³-hybridized carbons (Fsp3) is 0.143. The van der Waals surface area contributed by atoms with Crippen molar-refractivity contribution in [3.63, 3.8) is 0 Å². The Morgan fingerprint density at radius 3 is 1.60 bits per heavy atom. The second-order valence-corrected chi connectivity index (χ2v) is 14.5. The lowest BCUT2D eigenvalue weighted by Crippen LogP contribution is -2.31. The summed E-state index contributed by atoms with van der Waals surface area (Å²) in [6.45, 7) is 0. The van der Waals surface area contributed by atoms with Gasteiger partial charge in [0.1, 0.15) is 0 Å².